The van der Waals surface area contributed by atoms with Crippen LogP contribution in [0.5, 0.6) is 0 Å². The van der Waals surface area contributed by atoms with Gasteiger partial charge in [-0.15, -0.1) is 0 Å². The highest BCUT2D eigenvalue weighted by atomic mass is 32.2. The highest BCUT2D eigenvalue weighted by Crippen LogP contribution is 2.22. The molecule has 4 heteroatoms. The molecule has 0 saturated heterocycles. The van der Waals surface area contributed by atoms with Crippen molar-refractivity contribution in [2.45, 2.75) is 38.7 Å². The Kier molecular flexibility index (Phi) is 2.90. The Morgan fingerprint density at radius 1 is 1.36 bits per heavy atom. The van der Waals surface area contributed by atoms with Gasteiger partial charge in [-0.2, -0.15) is 8.42 Å². The van der Waals surface area contributed by atoms with Crippen molar-refractivity contribution in [3.05, 3.63) is 0 Å². The zero-order valence-corrected chi connectivity index (χ0v) is 7.56. The first-order valence-corrected chi connectivity index (χ1v) is 5.63. The molecule has 1 aliphatic rings. The van der Waals surface area contributed by atoms with Crippen LogP contribution in [0.3, 0.4) is 0 Å². The van der Waals surface area contributed by atoms with Crippen LogP contribution in [-0.4, -0.2) is 20.3 Å². The first-order valence-electron chi connectivity index (χ1n) is 4.05. The second kappa shape index (κ2) is 3.54. The summed E-state index contributed by atoms with van der Waals surface area (Å²) in [5.74, 6) is 0.0868. The van der Waals surface area contributed by atoms with Crippen molar-refractivity contribution in [2.75, 3.05) is 5.75 Å². The molecule has 1 saturated carbocycles. The summed E-state index contributed by atoms with van der Waals surface area (Å²) in [6.45, 7) is 1.60. The van der Waals surface area contributed by atoms with Crippen LogP contribution in [-0.2, 0) is 14.3 Å². The molecule has 0 unspecified atom stereocenters. The Hall–Kier alpha value is -0.0900. The van der Waals surface area contributed by atoms with Crippen molar-refractivity contribution >= 4 is 10.1 Å². The molecule has 11 heavy (non-hydrogen) atoms. The highest BCUT2D eigenvalue weighted by Gasteiger charge is 2.21. The summed E-state index contributed by atoms with van der Waals surface area (Å²) in [5.41, 5.74) is 0. The van der Waals surface area contributed by atoms with Gasteiger partial charge in [-0.05, 0) is 19.8 Å². The predicted octanol–water partition coefficient (Wildman–Crippen LogP) is 1.30. The molecule has 0 bridgehead atoms. The van der Waals surface area contributed by atoms with Crippen LogP contribution in [0.2, 0.25) is 0 Å². The maximum Gasteiger partial charge on any atom is 0.267 e. The molecule has 0 atom stereocenters. The molecule has 0 N–H and O–H groups in total. The van der Waals surface area contributed by atoms with E-state index in [-0.39, 0.29) is 11.9 Å². The van der Waals surface area contributed by atoms with E-state index in [1.165, 1.54) is 0 Å². The number of hydrogen-bond acceptors (Lipinski definition) is 3. The standard InChI is InChI=1S/C7H14O3S/c1-2-11(8,9)10-7-5-3-4-6-7/h7H,2-6H2,1H3. The van der Waals surface area contributed by atoms with E-state index in [0.29, 0.717) is 0 Å². The minimum absolute atomic E-state index is 0.0278. The summed E-state index contributed by atoms with van der Waals surface area (Å²) in [5, 5.41) is 0. The van der Waals surface area contributed by atoms with Crippen LogP contribution in [0.4, 0.5) is 0 Å². The van der Waals surface area contributed by atoms with Crippen molar-refractivity contribution in [3.63, 3.8) is 0 Å². The van der Waals surface area contributed by atoms with Gasteiger partial charge in [0.25, 0.3) is 10.1 Å². The van der Waals surface area contributed by atoms with Crippen molar-refractivity contribution in [1.82, 2.24) is 0 Å². The smallest absolute Gasteiger partial charge is 0.267 e. The molecular weight excluding hydrogens is 164 g/mol. The maximum atomic E-state index is 10.9. The van der Waals surface area contributed by atoms with Gasteiger partial charge in [-0.25, -0.2) is 0 Å². The van der Waals surface area contributed by atoms with Crippen molar-refractivity contribution in [1.29, 1.82) is 0 Å². The van der Waals surface area contributed by atoms with Crippen LogP contribution in [0.15, 0.2) is 0 Å². The van der Waals surface area contributed by atoms with Gasteiger partial charge in [0, 0.05) is 0 Å². The molecule has 0 aromatic carbocycles. The fourth-order valence-corrected chi connectivity index (χ4v) is 2.00. The molecule has 0 radical (unpaired) electrons. The molecule has 3 nitrogen and oxygen atoms in total. The lowest BCUT2D eigenvalue weighted by Crippen LogP contribution is -2.16. The fourth-order valence-electron chi connectivity index (χ4n) is 1.26. The normalized spacial score (nSPS) is 20.8. The van der Waals surface area contributed by atoms with E-state index in [1.54, 1.807) is 6.92 Å². The van der Waals surface area contributed by atoms with Gasteiger partial charge in [0.05, 0.1) is 11.9 Å². The van der Waals surface area contributed by atoms with Gasteiger partial charge in [-0.1, -0.05) is 12.8 Å². The van der Waals surface area contributed by atoms with E-state index in [4.69, 9.17) is 4.18 Å². The second-order valence-corrected chi connectivity index (χ2v) is 4.73. The first-order chi connectivity index (χ1) is 5.14. The van der Waals surface area contributed by atoms with Crippen LogP contribution in [0, 0.1) is 0 Å². The highest BCUT2D eigenvalue weighted by molar-refractivity contribution is 7.86. The molecule has 0 spiro atoms. The van der Waals surface area contributed by atoms with Gasteiger partial charge in [0.2, 0.25) is 0 Å². The number of rotatable bonds is 3. The third-order valence-corrected chi connectivity index (χ3v) is 3.21. The average Bonchev–Trinajstić information content (AvgIpc) is 2.39. The lowest BCUT2D eigenvalue weighted by atomic mass is 10.3. The summed E-state index contributed by atoms with van der Waals surface area (Å²) < 4.78 is 26.8. The molecule has 0 heterocycles. The summed E-state index contributed by atoms with van der Waals surface area (Å²) in [4.78, 5) is 0. The Balaban J connectivity index is 2.41. The van der Waals surface area contributed by atoms with Crippen LogP contribution >= 0.6 is 0 Å². The molecule has 66 valence electrons. The SMILES string of the molecule is CCS(=O)(=O)OC1CCCC1. The largest absolute Gasteiger partial charge is 0.267 e. The molecule has 1 aliphatic carbocycles. The summed E-state index contributed by atoms with van der Waals surface area (Å²) >= 11 is 0. The molecule has 0 aromatic heterocycles. The predicted molar refractivity (Wildman–Crippen MR) is 42.8 cm³/mol. The third-order valence-electron chi connectivity index (χ3n) is 1.94. The van der Waals surface area contributed by atoms with Crippen molar-refractivity contribution in [3.8, 4) is 0 Å². The molecular formula is C7H14O3S. The topological polar surface area (TPSA) is 43.4 Å². The van der Waals surface area contributed by atoms with Gasteiger partial charge in [0.1, 0.15) is 0 Å². The van der Waals surface area contributed by atoms with Gasteiger partial charge >= 0.3 is 0 Å². The van der Waals surface area contributed by atoms with E-state index < -0.39 is 10.1 Å². The maximum absolute atomic E-state index is 10.9. The minimum atomic E-state index is -3.20. The zero-order chi connectivity index (χ0) is 8.32. The van der Waals surface area contributed by atoms with Crippen LogP contribution in [0.25, 0.3) is 0 Å². The second-order valence-electron chi connectivity index (χ2n) is 2.85. The molecule has 0 amide bonds. The summed E-state index contributed by atoms with van der Waals surface area (Å²) in [6, 6.07) is 0. The van der Waals surface area contributed by atoms with E-state index >= 15 is 0 Å². The zero-order valence-electron chi connectivity index (χ0n) is 6.75. The molecule has 1 fully saturated rings. The lowest BCUT2D eigenvalue weighted by molar-refractivity contribution is 0.218. The van der Waals surface area contributed by atoms with Gasteiger partial charge in [-0.3, -0.25) is 4.18 Å². The van der Waals surface area contributed by atoms with E-state index in [1.807, 2.05) is 0 Å². The van der Waals surface area contributed by atoms with Crippen LogP contribution in [0.1, 0.15) is 32.6 Å². The molecule has 0 aromatic rings. The third kappa shape index (κ3) is 2.79. The molecule has 0 aliphatic heterocycles. The van der Waals surface area contributed by atoms with Crippen LogP contribution < -0.4 is 0 Å². The minimum Gasteiger partial charge on any atom is -0.267 e. The Labute approximate surface area is 67.9 Å². The summed E-state index contributed by atoms with van der Waals surface area (Å²) in [6.07, 6.45) is 3.98. The monoisotopic (exact) mass is 178 g/mol. The first kappa shape index (κ1) is 9.00. The Morgan fingerprint density at radius 2 is 1.91 bits per heavy atom. The lowest BCUT2D eigenvalue weighted by Gasteiger charge is -2.08. The Bertz CT molecular complexity index is 202. The average molecular weight is 178 g/mol. The fraction of sp³-hybridized carbons (Fsp3) is 1.00. The van der Waals surface area contributed by atoms with Gasteiger partial charge in [0.15, 0.2) is 0 Å². The van der Waals surface area contributed by atoms with E-state index in [9.17, 15) is 8.42 Å². The summed E-state index contributed by atoms with van der Waals surface area (Å²) in [7, 11) is -3.20. The van der Waals surface area contributed by atoms with Crippen molar-refractivity contribution < 1.29 is 12.6 Å². The quantitative estimate of drug-likeness (QED) is 0.612. The van der Waals surface area contributed by atoms with E-state index in [2.05, 4.69) is 0 Å². The Morgan fingerprint density at radius 3 is 2.36 bits per heavy atom. The van der Waals surface area contributed by atoms with Gasteiger partial charge < -0.3 is 0 Å². The van der Waals surface area contributed by atoms with E-state index in [0.717, 1.165) is 25.7 Å². The molecule has 1 rings (SSSR count). The van der Waals surface area contributed by atoms with Crippen molar-refractivity contribution in [2.24, 2.45) is 0 Å². The number of hydrogen-bond donors (Lipinski definition) is 0.